The number of nitrogens with zero attached hydrogens (tertiary/aromatic N) is 1. The number of halogens is 2. The second-order valence-electron chi connectivity index (χ2n) is 3.32. The van der Waals surface area contributed by atoms with Crippen LogP contribution in [0.15, 0.2) is 46.9 Å². The van der Waals surface area contributed by atoms with Crippen LogP contribution in [0, 0.1) is 17.1 Å². The molecular formula is C13H7BrFNO. The standard InChI is InChI=1S/C13H7BrFNO/c14-10-5-11(15)7-12(6-10)17-13-4-2-1-3-9(13)8-16/h1-7H. The topological polar surface area (TPSA) is 33.0 Å². The lowest BCUT2D eigenvalue weighted by atomic mass is 10.2. The number of hydrogen-bond donors (Lipinski definition) is 0. The Labute approximate surface area is 106 Å². The molecule has 0 aromatic heterocycles. The van der Waals surface area contributed by atoms with Crippen LogP contribution in [0.4, 0.5) is 4.39 Å². The zero-order chi connectivity index (χ0) is 12.3. The minimum atomic E-state index is -0.399. The first-order valence-electron chi connectivity index (χ1n) is 4.82. The molecule has 17 heavy (non-hydrogen) atoms. The third-order valence-corrected chi connectivity index (χ3v) is 2.53. The molecule has 0 amide bonds. The van der Waals surface area contributed by atoms with Gasteiger partial charge in [0.05, 0.1) is 5.56 Å². The van der Waals surface area contributed by atoms with E-state index in [1.54, 1.807) is 30.3 Å². The van der Waals surface area contributed by atoms with Gasteiger partial charge in [0, 0.05) is 10.5 Å². The van der Waals surface area contributed by atoms with E-state index in [1.165, 1.54) is 12.1 Å². The smallest absolute Gasteiger partial charge is 0.145 e. The van der Waals surface area contributed by atoms with Crippen molar-refractivity contribution < 1.29 is 9.13 Å². The van der Waals surface area contributed by atoms with Gasteiger partial charge in [0.1, 0.15) is 23.4 Å². The molecule has 0 atom stereocenters. The van der Waals surface area contributed by atoms with Crippen LogP contribution in [-0.4, -0.2) is 0 Å². The number of ether oxygens (including phenoxy) is 1. The Morgan fingerprint density at radius 3 is 2.65 bits per heavy atom. The van der Waals surface area contributed by atoms with Crippen LogP contribution >= 0.6 is 15.9 Å². The van der Waals surface area contributed by atoms with Gasteiger partial charge in [0.25, 0.3) is 0 Å². The third kappa shape index (κ3) is 2.83. The molecule has 0 saturated carbocycles. The number of hydrogen-bond acceptors (Lipinski definition) is 2. The highest BCUT2D eigenvalue weighted by Gasteiger charge is 2.05. The largest absolute Gasteiger partial charge is 0.456 e. The Morgan fingerprint density at radius 2 is 1.94 bits per heavy atom. The fourth-order valence-electron chi connectivity index (χ4n) is 1.36. The fraction of sp³-hybridized carbons (Fsp3) is 0. The average molecular weight is 292 g/mol. The molecule has 2 nitrogen and oxygen atoms in total. The maximum Gasteiger partial charge on any atom is 0.145 e. The van der Waals surface area contributed by atoms with E-state index in [-0.39, 0.29) is 0 Å². The van der Waals surface area contributed by atoms with Gasteiger partial charge in [-0.2, -0.15) is 5.26 Å². The summed E-state index contributed by atoms with van der Waals surface area (Å²) in [6.45, 7) is 0. The summed E-state index contributed by atoms with van der Waals surface area (Å²) in [7, 11) is 0. The minimum Gasteiger partial charge on any atom is -0.456 e. The predicted molar refractivity (Wildman–Crippen MR) is 65.3 cm³/mol. The molecule has 0 aliphatic carbocycles. The van der Waals surface area contributed by atoms with Gasteiger partial charge in [-0.05, 0) is 24.3 Å². The van der Waals surface area contributed by atoms with Gasteiger partial charge in [-0.15, -0.1) is 0 Å². The molecule has 2 aromatic carbocycles. The molecular weight excluding hydrogens is 285 g/mol. The Bertz CT molecular complexity index is 572. The Kier molecular flexibility index (Phi) is 3.40. The van der Waals surface area contributed by atoms with Crippen LogP contribution < -0.4 is 4.74 Å². The number of benzene rings is 2. The molecule has 2 aromatic rings. The lowest BCUT2D eigenvalue weighted by Crippen LogP contribution is -1.88. The molecule has 0 saturated heterocycles. The van der Waals surface area contributed by atoms with Crippen molar-refractivity contribution in [2.24, 2.45) is 0 Å². The summed E-state index contributed by atoms with van der Waals surface area (Å²) in [6, 6.07) is 13.1. The van der Waals surface area contributed by atoms with E-state index in [0.717, 1.165) is 0 Å². The van der Waals surface area contributed by atoms with Crippen molar-refractivity contribution in [2.75, 3.05) is 0 Å². The molecule has 0 heterocycles. The van der Waals surface area contributed by atoms with Crippen LogP contribution in [0.3, 0.4) is 0 Å². The van der Waals surface area contributed by atoms with E-state index < -0.39 is 5.82 Å². The quantitative estimate of drug-likeness (QED) is 0.828. The average Bonchev–Trinajstić information content (AvgIpc) is 2.28. The second-order valence-corrected chi connectivity index (χ2v) is 4.23. The fourth-order valence-corrected chi connectivity index (χ4v) is 1.81. The summed E-state index contributed by atoms with van der Waals surface area (Å²) in [6.07, 6.45) is 0. The number of nitriles is 1. The van der Waals surface area contributed by atoms with Crippen LogP contribution in [-0.2, 0) is 0 Å². The zero-order valence-corrected chi connectivity index (χ0v) is 10.2. The first-order valence-corrected chi connectivity index (χ1v) is 5.61. The van der Waals surface area contributed by atoms with Gasteiger partial charge in [-0.1, -0.05) is 28.1 Å². The lowest BCUT2D eigenvalue weighted by molar-refractivity contribution is 0.475. The summed E-state index contributed by atoms with van der Waals surface area (Å²) in [4.78, 5) is 0. The van der Waals surface area contributed by atoms with Gasteiger partial charge < -0.3 is 4.74 Å². The van der Waals surface area contributed by atoms with Gasteiger partial charge in [-0.3, -0.25) is 0 Å². The lowest BCUT2D eigenvalue weighted by Gasteiger charge is -2.07. The van der Waals surface area contributed by atoms with Gasteiger partial charge in [-0.25, -0.2) is 4.39 Å². The normalized spacial score (nSPS) is 9.71. The highest BCUT2D eigenvalue weighted by molar-refractivity contribution is 9.10. The first-order chi connectivity index (χ1) is 8.19. The monoisotopic (exact) mass is 291 g/mol. The van der Waals surface area contributed by atoms with Crippen molar-refractivity contribution >= 4 is 15.9 Å². The van der Waals surface area contributed by atoms with Crippen molar-refractivity contribution in [3.63, 3.8) is 0 Å². The minimum absolute atomic E-state index is 0.347. The zero-order valence-electron chi connectivity index (χ0n) is 8.65. The van der Waals surface area contributed by atoms with Crippen molar-refractivity contribution in [3.8, 4) is 17.6 Å². The molecule has 0 aliphatic heterocycles. The van der Waals surface area contributed by atoms with E-state index in [1.807, 2.05) is 6.07 Å². The second kappa shape index (κ2) is 4.98. The molecule has 84 valence electrons. The van der Waals surface area contributed by atoms with E-state index >= 15 is 0 Å². The van der Waals surface area contributed by atoms with E-state index in [2.05, 4.69) is 15.9 Å². The molecule has 4 heteroatoms. The van der Waals surface area contributed by atoms with Crippen molar-refractivity contribution in [1.82, 2.24) is 0 Å². The van der Waals surface area contributed by atoms with E-state index in [9.17, 15) is 4.39 Å². The molecule has 0 aliphatic rings. The Balaban J connectivity index is 2.35. The van der Waals surface area contributed by atoms with Crippen molar-refractivity contribution in [3.05, 3.63) is 58.3 Å². The van der Waals surface area contributed by atoms with Crippen molar-refractivity contribution in [1.29, 1.82) is 5.26 Å². The predicted octanol–water partition coefficient (Wildman–Crippen LogP) is 4.25. The van der Waals surface area contributed by atoms with E-state index in [4.69, 9.17) is 10.00 Å². The third-order valence-electron chi connectivity index (χ3n) is 2.07. The maximum absolute atomic E-state index is 13.1. The molecule has 0 radical (unpaired) electrons. The maximum atomic E-state index is 13.1. The number of para-hydroxylation sites is 1. The summed E-state index contributed by atoms with van der Waals surface area (Å²) in [5, 5.41) is 8.89. The molecule has 0 spiro atoms. The SMILES string of the molecule is N#Cc1ccccc1Oc1cc(F)cc(Br)c1. The molecule has 0 N–H and O–H groups in total. The molecule has 2 rings (SSSR count). The highest BCUT2D eigenvalue weighted by Crippen LogP contribution is 2.27. The highest BCUT2D eigenvalue weighted by atomic mass is 79.9. The van der Waals surface area contributed by atoms with Crippen LogP contribution in [0.25, 0.3) is 0 Å². The van der Waals surface area contributed by atoms with Gasteiger partial charge in [0.15, 0.2) is 0 Å². The summed E-state index contributed by atoms with van der Waals surface area (Å²) in [5.41, 5.74) is 0.410. The van der Waals surface area contributed by atoms with Crippen LogP contribution in [0.2, 0.25) is 0 Å². The van der Waals surface area contributed by atoms with E-state index in [0.29, 0.717) is 21.5 Å². The summed E-state index contributed by atoms with van der Waals surface area (Å²) < 4.78 is 19.2. The Morgan fingerprint density at radius 1 is 1.18 bits per heavy atom. The molecule has 0 unspecified atom stereocenters. The van der Waals surface area contributed by atoms with Gasteiger partial charge in [0.2, 0.25) is 0 Å². The number of rotatable bonds is 2. The van der Waals surface area contributed by atoms with Crippen LogP contribution in [0.5, 0.6) is 11.5 Å². The summed E-state index contributed by atoms with van der Waals surface area (Å²) >= 11 is 3.18. The van der Waals surface area contributed by atoms with Crippen molar-refractivity contribution in [2.45, 2.75) is 0 Å². The van der Waals surface area contributed by atoms with Crippen LogP contribution in [0.1, 0.15) is 5.56 Å². The molecule has 0 fully saturated rings. The first kappa shape index (κ1) is 11.6. The summed E-state index contributed by atoms with van der Waals surface area (Å²) in [5.74, 6) is 0.357. The Hall–Kier alpha value is -1.86. The van der Waals surface area contributed by atoms with Gasteiger partial charge >= 0.3 is 0 Å². The molecule has 0 bridgehead atoms.